The van der Waals surface area contributed by atoms with Crippen molar-refractivity contribution in [2.24, 2.45) is 4.99 Å². The number of aliphatic hydroxyl groups excluding tert-OH is 3. The Kier molecular flexibility index (Phi) is 4.46. The summed E-state index contributed by atoms with van der Waals surface area (Å²) in [4.78, 5) is 4.31. The Morgan fingerprint density at radius 3 is 2.73 bits per heavy atom. The van der Waals surface area contributed by atoms with Gasteiger partial charge in [0.25, 0.3) is 0 Å². The molecule has 0 radical (unpaired) electrons. The molecular weight excluding hydrogens is 378 g/mol. The summed E-state index contributed by atoms with van der Waals surface area (Å²) in [5.41, 5.74) is 0. The van der Waals surface area contributed by atoms with Crippen LogP contribution in [0.3, 0.4) is 0 Å². The van der Waals surface area contributed by atoms with E-state index < -0.39 is 30.7 Å². The molecule has 3 N–H and O–H groups in total. The maximum absolute atomic E-state index is 10.0. The summed E-state index contributed by atoms with van der Waals surface area (Å²) in [7, 11) is 0. The van der Waals surface area contributed by atoms with Gasteiger partial charge in [-0.3, -0.25) is 4.99 Å². The van der Waals surface area contributed by atoms with Gasteiger partial charge in [-0.15, -0.1) is 0 Å². The van der Waals surface area contributed by atoms with Gasteiger partial charge in [-0.1, -0.05) is 11.6 Å². The molecule has 5 atom stereocenters. The zero-order valence-electron chi connectivity index (χ0n) is 11.6. The van der Waals surface area contributed by atoms with E-state index in [1.54, 1.807) is 19.1 Å². The third-order valence-electron chi connectivity index (χ3n) is 3.81. The predicted octanol–water partition coefficient (Wildman–Crippen LogP) is -0.312. The molecule has 0 unspecified atom stereocenters. The van der Waals surface area contributed by atoms with Crippen LogP contribution >= 0.6 is 27.5 Å². The standard InChI is InChI=1S/C14H15BrClNO5/c1-5-11(18)12(19)13(20)14(21-5)22-8-4-17-7-3-2-6(15)10(16)9(7)8/h2-3,5,11-14,18-20H,4H2,1H3/t5-,11+,12+,13-,14+/m1/s1. The Hall–Kier alpha value is -0.700. The fraction of sp³-hybridized carbons (Fsp3) is 0.500. The normalized spacial score (nSPS) is 34.3. The SMILES string of the molecule is C[C@H]1O[C@@H](OC2=c3c(Cl)c(Br)ccc3=NC2)[C@H](O)[C@@H](O)[C@H]1O. The summed E-state index contributed by atoms with van der Waals surface area (Å²) in [5.74, 6) is 0.459. The minimum absolute atomic E-state index is 0.269. The number of benzene rings is 1. The van der Waals surface area contributed by atoms with Crippen molar-refractivity contribution in [2.45, 2.75) is 37.6 Å². The van der Waals surface area contributed by atoms with E-state index >= 15 is 0 Å². The molecule has 0 aliphatic carbocycles. The van der Waals surface area contributed by atoms with E-state index in [1.165, 1.54) is 0 Å². The van der Waals surface area contributed by atoms with Crippen LogP contribution in [0.1, 0.15) is 6.92 Å². The Labute approximate surface area is 139 Å². The molecule has 0 bridgehead atoms. The minimum Gasteiger partial charge on any atom is -0.464 e. The second-order valence-electron chi connectivity index (χ2n) is 5.29. The van der Waals surface area contributed by atoms with E-state index in [9.17, 15) is 15.3 Å². The Bertz CT molecular complexity index is 712. The highest BCUT2D eigenvalue weighted by Crippen LogP contribution is 2.25. The molecule has 3 rings (SSSR count). The molecule has 120 valence electrons. The van der Waals surface area contributed by atoms with Gasteiger partial charge in [0, 0.05) is 4.47 Å². The number of rotatable bonds is 2. The number of nitrogens with zero attached hydrogens (tertiary/aromatic N) is 1. The van der Waals surface area contributed by atoms with Crippen LogP contribution in [-0.4, -0.2) is 52.6 Å². The quantitative estimate of drug-likeness (QED) is 0.642. The van der Waals surface area contributed by atoms with E-state index in [-0.39, 0.29) is 6.54 Å². The van der Waals surface area contributed by atoms with Gasteiger partial charge < -0.3 is 24.8 Å². The van der Waals surface area contributed by atoms with Gasteiger partial charge in [0.1, 0.15) is 24.1 Å². The van der Waals surface area contributed by atoms with Crippen LogP contribution in [-0.2, 0) is 9.47 Å². The minimum atomic E-state index is -1.37. The lowest BCUT2D eigenvalue weighted by Gasteiger charge is -2.39. The third-order valence-corrected chi connectivity index (χ3v) is 5.09. The average molecular weight is 393 g/mol. The Morgan fingerprint density at radius 1 is 1.27 bits per heavy atom. The third kappa shape index (κ3) is 2.66. The van der Waals surface area contributed by atoms with Gasteiger partial charge in [-0.25, -0.2) is 0 Å². The molecule has 2 aliphatic heterocycles. The summed E-state index contributed by atoms with van der Waals surface area (Å²) in [6, 6.07) is 3.60. The lowest BCUT2D eigenvalue weighted by atomic mass is 10.00. The number of hydrogen-bond donors (Lipinski definition) is 3. The second kappa shape index (κ2) is 6.07. The zero-order chi connectivity index (χ0) is 16.0. The molecule has 1 saturated heterocycles. The van der Waals surface area contributed by atoms with Crippen LogP contribution in [0.2, 0.25) is 5.02 Å². The number of hydrogen-bond acceptors (Lipinski definition) is 6. The first-order chi connectivity index (χ1) is 10.4. The van der Waals surface area contributed by atoms with E-state index in [4.69, 9.17) is 21.1 Å². The first-order valence-electron chi connectivity index (χ1n) is 6.78. The van der Waals surface area contributed by atoms with Gasteiger partial charge in [-0.05, 0) is 35.0 Å². The summed E-state index contributed by atoms with van der Waals surface area (Å²) in [6.07, 6.45) is -5.64. The van der Waals surface area contributed by atoms with Crippen molar-refractivity contribution >= 4 is 33.3 Å². The molecule has 1 aromatic carbocycles. The molecule has 22 heavy (non-hydrogen) atoms. The van der Waals surface area contributed by atoms with E-state index in [0.29, 0.717) is 25.8 Å². The van der Waals surface area contributed by atoms with Crippen molar-refractivity contribution in [2.75, 3.05) is 6.54 Å². The highest BCUT2D eigenvalue weighted by atomic mass is 79.9. The molecular formula is C14H15BrClNO5. The Morgan fingerprint density at radius 2 is 2.00 bits per heavy atom. The topological polar surface area (TPSA) is 91.5 Å². The molecule has 0 amide bonds. The van der Waals surface area contributed by atoms with Crippen LogP contribution in [0.15, 0.2) is 21.6 Å². The highest BCUT2D eigenvalue weighted by Gasteiger charge is 2.43. The lowest BCUT2D eigenvalue weighted by Crippen LogP contribution is -2.57. The average Bonchev–Trinajstić information content (AvgIpc) is 2.90. The molecule has 6 nitrogen and oxygen atoms in total. The number of fused-ring (bicyclic) bond motifs is 1. The monoisotopic (exact) mass is 391 g/mol. The molecule has 0 aromatic heterocycles. The molecule has 1 fully saturated rings. The van der Waals surface area contributed by atoms with E-state index in [1.807, 2.05) is 0 Å². The van der Waals surface area contributed by atoms with Crippen LogP contribution < -0.4 is 10.6 Å². The molecule has 2 aliphatic rings. The van der Waals surface area contributed by atoms with Crippen molar-refractivity contribution in [3.8, 4) is 0 Å². The van der Waals surface area contributed by atoms with Crippen LogP contribution in [0.5, 0.6) is 0 Å². The van der Waals surface area contributed by atoms with Gasteiger partial charge in [0.05, 0.1) is 28.2 Å². The van der Waals surface area contributed by atoms with Crippen LogP contribution in [0, 0.1) is 0 Å². The molecule has 2 heterocycles. The smallest absolute Gasteiger partial charge is 0.228 e. The summed E-state index contributed by atoms with van der Waals surface area (Å²) in [6.45, 7) is 1.86. The predicted molar refractivity (Wildman–Crippen MR) is 81.6 cm³/mol. The number of halogens is 2. The van der Waals surface area contributed by atoms with Crippen molar-refractivity contribution < 1.29 is 24.8 Å². The molecule has 0 saturated carbocycles. The Balaban J connectivity index is 1.94. The van der Waals surface area contributed by atoms with Crippen molar-refractivity contribution in [1.29, 1.82) is 0 Å². The fourth-order valence-corrected chi connectivity index (χ4v) is 3.12. The number of ether oxygens (including phenoxy) is 2. The molecule has 8 heteroatoms. The summed E-state index contributed by atoms with van der Waals surface area (Å²) < 4.78 is 11.8. The highest BCUT2D eigenvalue weighted by molar-refractivity contribution is 9.10. The summed E-state index contributed by atoms with van der Waals surface area (Å²) in [5, 5.41) is 31.3. The van der Waals surface area contributed by atoms with E-state index in [0.717, 1.165) is 0 Å². The van der Waals surface area contributed by atoms with Gasteiger partial charge in [0.2, 0.25) is 6.29 Å². The second-order valence-corrected chi connectivity index (χ2v) is 6.53. The first kappa shape index (κ1) is 16.2. The van der Waals surface area contributed by atoms with Crippen molar-refractivity contribution in [3.05, 3.63) is 32.2 Å². The van der Waals surface area contributed by atoms with Gasteiger partial charge >= 0.3 is 0 Å². The largest absolute Gasteiger partial charge is 0.464 e. The van der Waals surface area contributed by atoms with Crippen molar-refractivity contribution in [3.63, 3.8) is 0 Å². The summed E-state index contributed by atoms with van der Waals surface area (Å²) >= 11 is 9.61. The van der Waals surface area contributed by atoms with Crippen LogP contribution in [0.25, 0.3) is 5.76 Å². The zero-order valence-corrected chi connectivity index (χ0v) is 14.0. The fourth-order valence-electron chi connectivity index (χ4n) is 2.52. The van der Waals surface area contributed by atoms with Crippen molar-refractivity contribution in [1.82, 2.24) is 0 Å². The van der Waals surface area contributed by atoms with Gasteiger partial charge in [-0.2, -0.15) is 0 Å². The first-order valence-corrected chi connectivity index (χ1v) is 7.95. The van der Waals surface area contributed by atoms with Crippen LogP contribution in [0.4, 0.5) is 0 Å². The van der Waals surface area contributed by atoms with E-state index in [2.05, 4.69) is 20.9 Å². The number of aliphatic hydroxyl groups is 3. The maximum atomic E-state index is 10.0. The lowest BCUT2D eigenvalue weighted by molar-refractivity contribution is -0.276. The molecule has 1 aromatic rings. The van der Waals surface area contributed by atoms with Gasteiger partial charge in [0.15, 0.2) is 0 Å². The maximum Gasteiger partial charge on any atom is 0.228 e. The molecule has 0 spiro atoms.